The van der Waals surface area contributed by atoms with Crippen LogP contribution in [0.3, 0.4) is 0 Å². The average molecular weight is 100 g/mol. The zero-order valence-electron chi connectivity index (χ0n) is 3.94. The van der Waals surface area contributed by atoms with E-state index in [-0.39, 0.29) is 0 Å². The van der Waals surface area contributed by atoms with Crippen molar-refractivity contribution in [3.63, 3.8) is 0 Å². The topological polar surface area (TPSA) is 62.4 Å². The van der Waals surface area contributed by atoms with Gasteiger partial charge in [0.15, 0.2) is 0 Å². The Kier molecular flexibility index (Phi) is 1.12. The molecule has 1 aliphatic rings. The first-order valence-electron chi connectivity index (χ1n) is 2.19. The van der Waals surface area contributed by atoms with Crippen LogP contribution in [0.2, 0.25) is 0 Å². The lowest BCUT2D eigenvalue weighted by atomic mass is 10.4. The highest BCUT2D eigenvalue weighted by Gasteiger charge is 1.95. The fourth-order valence-electron chi connectivity index (χ4n) is 0.414. The van der Waals surface area contributed by atoms with Crippen LogP contribution in [0.1, 0.15) is 6.42 Å². The monoisotopic (exact) mass is 100 g/mol. The van der Waals surface area contributed by atoms with Crippen LogP contribution in [-0.2, 0) is 0 Å². The molecule has 4 heteroatoms. The van der Waals surface area contributed by atoms with Crippen molar-refractivity contribution in [3.8, 4) is 0 Å². The first-order valence-corrected chi connectivity index (χ1v) is 2.19. The molecule has 0 aromatic heterocycles. The number of nitrogens with two attached hydrogens (primary N) is 1. The molecule has 0 aromatic rings. The van der Waals surface area contributed by atoms with Gasteiger partial charge in [-0.1, -0.05) is 0 Å². The van der Waals surface area contributed by atoms with E-state index in [1.54, 1.807) is 0 Å². The van der Waals surface area contributed by atoms with Crippen molar-refractivity contribution in [1.82, 2.24) is 11.0 Å². The van der Waals surface area contributed by atoms with Crippen molar-refractivity contribution in [2.45, 2.75) is 6.42 Å². The molecule has 0 aromatic carbocycles. The largest absolute Gasteiger partial charge is 0.386 e. The summed E-state index contributed by atoms with van der Waals surface area (Å²) in [4.78, 5) is 0. The summed E-state index contributed by atoms with van der Waals surface area (Å²) in [6.07, 6.45) is 0.840. The third kappa shape index (κ3) is 1.04. The fraction of sp³-hybridized carbons (Fsp3) is 0.667. The molecular formula is C3H8N4. The van der Waals surface area contributed by atoms with Gasteiger partial charge in [-0.2, -0.15) is 5.10 Å². The molecule has 0 saturated carbocycles. The summed E-state index contributed by atoms with van der Waals surface area (Å²) in [7, 11) is 0. The fourth-order valence-corrected chi connectivity index (χ4v) is 0.414. The van der Waals surface area contributed by atoms with Crippen LogP contribution in [0.5, 0.6) is 0 Å². The van der Waals surface area contributed by atoms with E-state index in [9.17, 15) is 0 Å². The van der Waals surface area contributed by atoms with Gasteiger partial charge >= 0.3 is 0 Å². The van der Waals surface area contributed by atoms with Gasteiger partial charge in [-0.05, 0) is 0 Å². The van der Waals surface area contributed by atoms with E-state index >= 15 is 0 Å². The number of nitrogens with one attached hydrogen (secondary N) is 2. The molecule has 1 heterocycles. The molecular weight excluding hydrogens is 92.1 g/mol. The summed E-state index contributed by atoms with van der Waals surface area (Å²) in [6, 6.07) is 0. The molecule has 4 nitrogen and oxygen atoms in total. The van der Waals surface area contributed by atoms with Gasteiger partial charge in [-0.25, -0.2) is 11.0 Å². The van der Waals surface area contributed by atoms with Crippen molar-refractivity contribution in [2.24, 2.45) is 10.8 Å². The van der Waals surface area contributed by atoms with Crippen molar-refractivity contribution >= 4 is 5.84 Å². The zero-order valence-corrected chi connectivity index (χ0v) is 3.94. The third-order valence-electron chi connectivity index (χ3n) is 0.785. The van der Waals surface area contributed by atoms with Gasteiger partial charge < -0.3 is 5.73 Å². The molecule has 1 rings (SSSR count). The van der Waals surface area contributed by atoms with Gasteiger partial charge in [0.1, 0.15) is 5.84 Å². The summed E-state index contributed by atoms with van der Waals surface area (Å²) in [5.41, 5.74) is 10.6. The third-order valence-corrected chi connectivity index (χ3v) is 0.785. The molecule has 4 N–H and O–H groups in total. The van der Waals surface area contributed by atoms with Crippen molar-refractivity contribution in [3.05, 3.63) is 0 Å². The summed E-state index contributed by atoms with van der Waals surface area (Å²) < 4.78 is 0. The van der Waals surface area contributed by atoms with Crippen LogP contribution in [-0.4, -0.2) is 12.4 Å². The molecule has 0 radical (unpaired) electrons. The predicted octanol–water partition coefficient (Wildman–Crippen LogP) is -1.24. The van der Waals surface area contributed by atoms with Crippen LogP contribution >= 0.6 is 0 Å². The van der Waals surface area contributed by atoms with Gasteiger partial charge in [-0.3, -0.25) is 0 Å². The lowest BCUT2D eigenvalue weighted by Crippen LogP contribution is -2.37. The molecule has 0 atom stereocenters. The molecule has 0 unspecified atom stereocenters. The Morgan fingerprint density at radius 1 is 1.71 bits per heavy atom. The van der Waals surface area contributed by atoms with E-state index in [1.165, 1.54) is 0 Å². The molecule has 7 heavy (non-hydrogen) atoms. The summed E-state index contributed by atoms with van der Waals surface area (Å²) in [5.74, 6) is 0.666. The first kappa shape index (κ1) is 4.39. The van der Waals surface area contributed by atoms with E-state index in [2.05, 4.69) is 16.1 Å². The number of nitrogens with zero attached hydrogens (tertiary/aromatic N) is 1. The lowest BCUT2D eigenvalue weighted by molar-refractivity contribution is 0.539. The van der Waals surface area contributed by atoms with Crippen LogP contribution in [0.15, 0.2) is 5.10 Å². The Morgan fingerprint density at radius 3 is 2.86 bits per heavy atom. The minimum Gasteiger partial charge on any atom is -0.386 e. The zero-order chi connectivity index (χ0) is 5.11. The quantitative estimate of drug-likeness (QED) is 0.356. The minimum absolute atomic E-state index is 0.666. The second-order valence-corrected chi connectivity index (χ2v) is 1.39. The predicted molar refractivity (Wildman–Crippen MR) is 27.4 cm³/mol. The minimum atomic E-state index is 0.666. The van der Waals surface area contributed by atoms with Crippen molar-refractivity contribution < 1.29 is 0 Å². The Balaban J connectivity index is 2.40. The Labute approximate surface area is 41.7 Å². The van der Waals surface area contributed by atoms with Gasteiger partial charge in [-0.15, -0.1) is 0 Å². The van der Waals surface area contributed by atoms with Crippen LogP contribution < -0.4 is 16.7 Å². The molecule has 40 valence electrons. The number of hydrazine groups is 1. The molecule has 0 bridgehead atoms. The SMILES string of the molecule is NC1=NNNCC1. The highest BCUT2D eigenvalue weighted by atomic mass is 15.6. The summed E-state index contributed by atoms with van der Waals surface area (Å²) >= 11 is 0. The van der Waals surface area contributed by atoms with E-state index in [0.717, 1.165) is 13.0 Å². The maximum Gasteiger partial charge on any atom is 0.122 e. The number of rotatable bonds is 0. The molecule has 0 aliphatic carbocycles. The van der Waals surface area contributed by atoms with Crippen LogP contribution in [0.25, 0.3) is 0 Å². The summed E-state index contributed by atoms with van der Waals surface area (Å²) in [6.45, 7) is 0.870. The van der Waals surface area contributed by atoms with Gasteiger partial charge in [0.05, 0.1) is 0 Å². The molecule has 1 aliphatic heterocycles. The van der Waals surface area contributed by atoms with Gasteiger partial charge in [0, 0.05) is 13.0 Å². The van der Waals surface area contributed by atoms with E-state index < -0.39 is 0 Å². The smallest absolute Gasteiger partial charge is 0.122 e. The highest BCUT2D eigenvalue weighted by Crippen LogP contribution is 1.78. The Bertz CT molecular complexity index is 86.9. The Hall–Kier alpha value is -0.770. The normalized spacial score (nSPS) is 20.3. The first-order chi connectivity index (χ1) is 3.39. The van der Waals surface area contributed by atoms with Gasteiger partial charge in [0.2, 0.25) is 0 Å². The van der Waals surface area contributed by atoms with Crippen molar-refractivity contribution in [2.75, 3.05) is 6.54 Å². The highest BCUT2D eigenvalue weighted by molar-refractivity contribution is 5.80. The Morgan fingerprint density at radius 2 is 2.57 bits per heavy atom. The molecule has 0 saturated heterocycles. The number of hydrazone groups is 1. The van der Waals surface area contributed by atoms with Crippen molar-refractivity contribution in [1.29, 1.82) is 0 Å². The average Bonchev–Trinajstić information content (AvgIpc) is 1.69. The molecule has 0 fully saturated rings. The standard InChI is InChI=1S/C3H8N4/c4-3-1-2-5-7-6-3/h5,7H,1-2H2,(H2,4,6). The number of hydrogen-bond donors (Lipinski definition) is 3. The van der Waals surface area contributed by atoms with E-state index in [1.807, 2.05) is 0 Å². The van der Waals surface area contributed by atoms with Crippen LogP contribution in [0.4, 0.5) is 0 Å². The number of hydrogen-bond acceptors (Lipinski definition) is 4. The second-order valence-electron chi connectivity index (χ2n) is 1.39. The maximum atomic E-state index is 5.28. The van der Waals surface area contributed by atoms with E-state index in [0.29, 0.717) is 5.84 Å². The van der Waals surface area contributed by atoms with Crippen LogP contribution in [0, 0.1) is 0 Å². The molecule has 0 spiro atoms. The number of amidine groups is 1. The van der Waals surface area contributed by atoms with E-state index in [4.69, 9.17) is 5.73 Å². The summed E-state index contributed by atoms with van der Waals surface area (Å²) in [5, 5.41) is 3.66. The van der Waals surface area contributed by atoms with Gasteiger partial charge in [0.25, 0.3) is 0 Å². The lowest BCUT2D eigenvalue weighted by Gasteiger charge is -2.08. The maximum absolute atomic E-state index is 5.28. The molecule has 0 amide bonds. The second kappa shape index (κ2) is 1.79.